The van der Waals surface area contributed by atoms with E-state index < -0.39 is 41.2 Å². The highest BCUT2D eigenvalue weighted by molar-refractivity contribution is 5.95. The number of benzene rings is 6. The van der Waals surface area contributed by atoms with Crippen molar-refractivity contribution >= 4 is 47.0 Å². The summed E-state index contributed by atoms with van der Waals surface area (Å²) < 4.78 is 28.0. The van der Waals surface area contributed by atoms with E-state index in [1.54, 1.807) is 81.1 Å². The number of carboxylic acids is 1. The van der Waals surface area contributed by atoms with E-state index in [1.165, 1.54) is 10.5 Å². The van der Waals surface area contributed by atoms with E-state index in [1.807, 2.05) is 191 Å². The van der Waals surface area contributed by atoms with Crippen molar-refractivity contribution < 1.29 is 52.8 Å². The highest BCUT2D eigenvalue weighted by Gasteiger charge is 2.43. The summed E-state index contributed by atoms with van der Waals surface area (Å²) in [7, 11) is 0. The number of likely N-dealkylation sites (tertiary alicyclic amines) is 2. The molecular formula is C77H85N9O11. The number of pyridine rings is 3. The van der Waals surface area contributed by atoms with Gasteiger partial charge in [-0.1, -0.05) is 117 Å². The van der Waals surface area contributed by atoms with E-state index in [9.17, 15) is 29.1 Å². The Labute approximate surface area is 567 Å². The van der Waals surface area contributed by atoms with Crippen molar-refractivity contribution in [1.82, 2.24) is 30.1 Å². The number of rotatable bonds is 14. The second kappa shape index (κ2) is 34.3. The number of ether oxygens (including phenoxy) is 5. The second-order valence-electron chi connectivity index (χ2n) is 25.1. The molecule has 0 bridgehead atoms. The molecule has 0 radical (unpaired) electrons. The van der Waals surface area contributed by atoms with Crippen LogP contribution in [0.5, 0.6) is 34.5 Å². The summed E-state index contributed by atoms with van der Waals surface area (Å²) in [5, 5.41) is 18.8. The molecule has 3 aliphatic rings. The minimum Gasteiger partial charge on any atom is -0.481 e. The molecule has 3 fully saturated rings. The van der Waals surface area contributed by atoms with Crippen molar-refractivity contribution in [3.05, 3.63) is 254 Å². The van der Waals surface area contributed by atoms with Gasteiger partial charge in [0.05, 0.1) is 36.3 Å². The predicted octanol–water partition coefficient (Wildman–Crippen LogP) is 15.1. The lowest BCUT2D eigenvalue weighted by Gasteiger charge is -2.24. The van der Waals surface area contributed by atoms with Gasteiger partial charge in [-0.25, -0.2) is 9.59 Å². The van der Waals surface area contributed by atoms with Gasteiger partial charge in [-0.05, 0) is 131 Å². The molecule has 6 aromatic carbocycles. The van der Waals surface area contributed by atoms with Gasteiger partial charge in [0.25, 0.3) is 0 Å². The molecule has 6 heterocycles. The van der Waals surface area contributed by atoms with Gasteiger partial charge in [-0.15, -0.1) is 0 Å². The smallest absolute Gasteiger partial charge is 0.410 e. The van der Waals surface area contributed by atoms with Crippen LogP contribution in [0.4, 0.5) is 26.7 Å². The number of anilines is 3. The van der Waals surface area contributed by atoms with Gasteiger partial charge in [0, 0.05) is 111 Å². The van der Waals surface area contributed by atoms with Crippen LogP contribution in [0.25, 0.3) is 0 Å². The molecule has 0 spiro atoms. The molecule has 97 heavy (non-hydrogen) atoms. The molecule has 6 atom stereocenters. The van der Waals surface area contributed by atoms with E-state index in [2.05, 4.69) is 43.0 Å². The number of hydrogen-bond acceptors (Lipinski definition) is 15. The first-order valence-corrected chi connectivity index (χ1v) is 31.7. The summed E-state index contributed by atoms with van der Waals surface area (Å²) in [5.41, 5.74) is 9.61. The first-order chi connectivity index (χ1) is 46.2. The third kappa shape index (κ3) is 22.0. The Hall–Kier alpha value is -11.1. The topological polar surface area (TPSA) is 259 Å². The molecule has 6 N–H and O–H groups in total. The van der Waals surface area contributed by atoms with Gasteiger partial charge in [0.15, 0.2) is 0 Å². The van der Waals surface area contributed by atoms with Crippen LogP contribution in [-0.4, -0.2) is 110 Å². The Kier molecular flexibility index (Phi) is 25.4. The van der Waals surface area contributed by atoms with E-state index in [0.717, 1.165) is 29.1 Å². The minimum atomic E-state index is -0.880. The normalized spacial score (nSPS) is 17.7. The number of amides is 4. The fourth-order valence-corrected chi connectivity index (χ4v) is 11.1. The maximum Gasteiger partial charge on any atom is 0.410 e. The molecular weight excluding hydrogens is 1230 g/mol. The third-order valence-electron chi connectivity index (χ3n) is 15.5. The summed E-state index contributed by atoms with van der Waals surface area (Å²) in [4.78, 5) is 77.7. The lowest BCUT2D eigenvalue weighted by atomic mass is 9.88. The number of hydrogen-bond donors (Lipinski definition) is 5. The molecule has 0 aliphatic carbocycles. The van der Waals surface area contributed by atoms with Crippen molar-refractivity contribution in [2.75, 3.05) is 55.6 Å². The zero-order chi connectivity index (χ0) is 68.0. The summed E-state index contributed by atoms with van der Waals surface area (Å²) in [6, 6.07) is 62.3. The number of nitrogens with two attached hydrogens (primary N) is 1. The Bertz CT molecular complexity index is 3960. The summed E-state index contributed by atoms with van der Waals surface area (Å²) >= 11 is 0. The minimum absolute atomic E-state index is 0. The number of nitrogen functional groups attached to an aromatic ring is 1. The van der Waals surface area contributed by atoms with Gasteiger partial charge >= 0.3 is 18.2 Å². The van der Waals surface area contributed by atoms with Crippen LogP contribution in [0.3, 0.4) is 0 Å². The molecule has 0 saturated carbocycles. The Morgan fingerprint density at radius 3 is 1.21 bits per heavy atom. The second-order valence-corrected chi connectivity index (χ2v) is 25.1. The number of carbonyl (C=O) groups excluding carboxylic acids is 4. The van der Waals surface area contributed by atoms with Crippen molar-refractivity contribution in [3.63, 3.8) is 0 Å². The number of carboxylic acid groups (broad SMARTS) is 1. The quantitative estimate of drug-likeness (QED) is 0.0634. The number of nitrogens with zero attached hydrogens (tertiary/aromatic N) is 5. The zero-order valence-corrected chi connectivity index (χ0v) is 54.6. The van der Waals surface area contributed by atoms with Gasteiger partial charge in [-0.2, -0.15) is 0 Å². The van der Waals surface area contributed by atoms with Crippen LogP contribution in [0.1, 0.15) is 83.4 Å². The van der Waals surface area contributed by atoms with Crippen molar-refractivity contribution in [3.8, 4) is 34.5 Å². The van der Waals surface area contributed by atoms with E-state index in [4.69, 9.17) is 29.4 Å². The highest BCUT2D eigenvalue weighted by Crippen LogP contribution is 2.37. The van der Waals surface area contributed by atoms with Crippen LogP contribution in [0.2, 0.25) is 0 Å². The molecule has 9 aromatic rings. The Balaban J connectivity index is 0.000000172. The molecule has 20 nitrogen and oxygen atoms in total. The number of aliphatic carboxylic acids is 1. The Morgan fingerprint density at radius 1 is 0.443 bits per heavy atom. The molecule has 3 aromatic heterocycles. The van der Waals surface area contributed by atoms with E-state index >= 15 is 0 Å². The molecule has 0 unspecified atom stereocenters. The zero-order valence-electron chi connectivity index (χ0n) is 54.6. The molecule has 3 saturated heterocycles. The fraction of sp³-hybridized carbons (Fsp3) is 0.273. The van der Waals surface area contributed by atoms with E-state index in [-0.39, 0.29) is 56.0 Å². The third-order valence-corrected chi connectivity index (χ3v) is 15.5. The standard InChI is InChI=1S/C27H29N3O4.C22H21N3O2.C16H21NO4.C11H10N2O.CH4/c1-27(2,3)34-26(32)30-17-23(19-9-5-4-6-10-19)24(18-30)25(31)29-20-11-7-12-21(15-20)33-22-13-8-14-28-16-22;26-22(21-15-24-14-20(21)16-6-2-1-3-7-16)25-17-8-4-9-18(12-17)27-19-10-5-11-23-13-19;1-16(2,3)21-15(20)17-9-12(13(10-17)14(18)19)11-7-5-4-6-8-11;12-9-3-1-4-10(7-9)14-11-5-2-6-13-8-11;/h4-16,23-24H,17-18H2,1-3H3,(H,29,31);1-13,20-21,24H,14-15H2,(H,25,26);4-8,12-13H,9-10H2,1-3H3,(H,18,19);1-8H,12H2;1H4/t23-,24+;20-,21+;12-,13+;;/m000../s1. The first-order valence-electron chi connectivity index (χ1n) is 31.7. The SMILES string of the molecule is C.CC(C)(C)OC(=O)N1C[C@@H](C(=O)Nc2cccc(Oc3cccnc3)c2)[C@H](c2ccccc2)C1.CC(C)(C)OC(=O)N1C[C@@H](C(=O)O)[C@H](c2ccccc2)C1.Nc1cccc(Oc2cccnc2)c1.O=C(Nc1cccc(Oc2cccnc2)c1)[C@@H]1CNC[C@H]1c1ccccc1. The lowest BCUT2D eigenvalue weighted by Crippen LogP contribution is -2.36. The van der Waals surface area contributed by atoms with Gasteiger partial charge in [0.1, 0.15) is 45.7 Å². The summed E-state index contributed by atoms with van der Waals surface area (Å²) in [5.74, 6) is 1.66. The molecule has 20 heteroatoms. The number of carbonyl (C=O) groups is 5. The predicted molar refractivity (Wildman–Crippen MR) is 375 cm³/mol. The molecule has 12 rings (SSSR count). The van der Waals surface area contributed by atoms with Gasteiger partial charge in [-0.3, -0.25) is 29.3 Å². The number of aromatic nitrogens is 3. The first kappa shape index (κ1) is 71.7. The van der Waals surface area contributed by atoms with Crippen LogP contribution < -0.4 is 35.9 Å². The average Bonchev–Trinajstić information content (AvgIpc) is 1.67. The van der Waals surface area contributed by atoms with Crippen molar-refractivity contribution in [1.29, 1.82) is 0 Å². The Morgan fingerprint density at radius 2 is 0.814 bits per heavy atom. The fourth-order valence-electron chi connectivity index (χ4n) is 11.1. The van der Waals surface area contributed by atoms with Crippen LogP contribution in [0.15, 0.2) is 237 Å². The van der Waals surface area contributed by atoms with Crippen LogP contribution in [0, 0.1) is 17.8 Å². The maximum absolute atomic E-state index is 13.4. The number of nitrogens with one attached hydrogen (secondary N) is 3. The van der Waals surface area contributed by atoms with Gasteiger partial charge in [0.2, 0.25) is 11.8 Å². The highest BCUT2D eigenvalue weighted by atomic mass is 16.6. The van der Waals surface area contributed by atoms with Crippen LogP contribution >= 0.6 is 0 Å². The van der Waals surface area contributed by atoms with Gasteiger partial charge < -0.3 is 60.3 Å². The van der Waals surface area contributed by atoms with Crippen molar-refractivity contribution in [2.45, 2.75) is 77.9 Å². The van der Waals surface area contributed by atoms with Crippen LogP contribution in [-0.2, 0) is 23.9 Å². The van der Waals surface area contributed by atoms with Crippen molar-refractivity contribution in [2.24, 2.45) is 17.8 Å². The maximum atomic E-state index is 13.4. The monoisotopic (exact) mass is 1310 g/mol. The lowest BCUT2D eigenvalue weighted by molar-refractivity contribution is -0.141. The summed E-state index contributed by atoms with van der Waals surface area (Å²) in [6.07, 6.45) is 9.15. The largest absolute Gasteiger partial charge is 0.481 e. The van der Waals surface area contributed by atoms with E-state index in [0.29, 0.717) is 59.8 Å². The molecule has 4 amide bonds. The molecule has 3 aliphatic heterocycles. The average molecular weight is 1310 g/mol. The molecule has 504 valence electrons. The summed E-state index contributed by atoms with van der Waals surface area (Å²) in [6.45, 7) is 13.6.